The van der Waals surface area contributed by atoms with Crippen molar-refractivity contribution in [2.45, 2.75) is 4.90 Å². The normalized spacial score (nSPS) is 9.80. The highest BCUT2D eigenvalue weighted by Gasteiger charge is 2.11. The molecule has 0 unspecified atom stereocenters. The monoisotopic (exact) mass is 291 g/mol. The second-order valence-corrected chi connectivity index (χ2v) is 5.05. The third-order valence-corrected chi connectivity index (χ3v) is 3.47. The molecule has 1 N–H and O–H groups in total. The molecule has 5 heteroatoms. The zero-order valence-electron chi connectivity index (χ0n) is 11.1. The Hall–Kier alpha value is -2.01. The van der Waals surface area contributed by atoms with Crippen molar-refractivity contribution in [3.63, 3.8) is 0 Å². The molecule has 4 nitrogen and oxygen atoms in total. The fourth-order valence-corrected chi connectivity index (χ4v) is 2.40. The van der Waals surface area contributed by atoms with Crippen molar-refractivity contribution in [2.24, 2.45) is 0 Å². The molecule has 1 rings (SSSR count). The summed E-state index contributed by atoms with van der Waals surface area (Å²) in [6.07, 6.45) is 3.33. The molecule has 1 amide bonds. The van der Waals surface area contributed by atoms with Crippen molar-refractivity contribution in [2.75, 3.05) is 18.8 Å². The number of carbonyl (C=O) groups is 2. The van der Waals surface area contributed by atoms with E-state index in [0.29, 0.717) is 13.1 Å². The number of aromatic carboxylic acids is 1. The first-order valence-electron chi connectivity index (χ1n) is 6.04. The Labute approximate surface area is 122 Å². The molecule has 0 heterocycles. The van der Waals surface area contributed by atoms with E-state index < -0.39 is 5.97 Å². The second kappa shape index (κ2) is 8.22. The quantitative estimate of drug-likeness (QED) is 0.591. The van der Waals surface area contributed by atoms with Crippen molar-refractivity contribution in [3.8, 4) is 0 Å². The van der Waals surface area contributed by atoms with Crippen LogP contribution in [0.15, 0.2) is 54.5 Å². The Kier molecular flexibility index (Phi) is 6.59. The molecule has 20 heavy (non-hydrogen) atoms. The summed E-state index contributed by atoms with van der Waals surface area (Å²) in [6.45, 7) is 8.17. The number of carboxylic acids is 1. The predicted molar refractivity (Wildman–Crippen MR) is 81.1 cm³/mol. The van der Waals surface area contributed by atoms with Crippen LogP contribution in [0.25, 0.3) is 0 Å². The Balaban J connectivity index is 2.63. The second-order valence-electron chi connectivity index (χ2n) is 4.00. The predicted octanol–water partition coefficient (Wildman–Crippen LogP) is 2.68. The summed E-state index contributed by atoms with van der Waals surface area (Å²) in [5, 5.41) is 8.91. The number of carbonyl (C=O) groups excluding carboxylic acids is 1. The van der Waals surface area contributed by atoms with E-state index in [1.165, 1.54) is 17.8 Å². The van der Waals surface area contributed by atoms with Gasteiger partial charge < -0.3 is 10.0 Å². The summed E-state index contributed by atoms with van der Waals surface area (Å²) < 4.78 is 0. The van der Waals surface area contributed by atoms with Gasteiger partial charge in [-0.25, -0.2) is 4.79 Å². The molecule has 0 radical (unpaired) electrons. The van der Waals surface area contributed by atoms with E-state index in [-0.39, 0.29) is 17.2 Å². The van der Waals surface area contributed by atoms with Crippen LogP contribution in [-0.4, -0.2) is 40.7 Å². The van der Waals surface area contributed by atoms with E-state index in [9.17, 15) is 9.59 Å². The molecule has 106 valence electrons. The van der Waals surface area contributed by atoms with Crippen LogP contribution >= 0.6 is 11.8 Å². The van der Waals surface area contributed by atoms with Crippen molar-refractivity contribution < 1.29 is 14.7 Å². The van der Waals surface area contributed by atoms with E-state index in [4.69, 9.17) is 5.11 Å². The summed E-state index contributed by atoms with van der Waals surface area (Å²) in [4.78, 5) is 25.3. The molecule has 0 atom stereocenters. The summed E-state index contributed by atoms with van der Waals surface area (Å²) in [7, 11) is 0. The first-order chi connectivity index (χ1) is 9.58. The molecule has 0 saturated carbocycles. The lowest BCUT2D eigenvalue weighted by molar-refractivity contribution is -0.127. The maximum atomic E-state index is 12.0. The van der Waals surface area contributed by atoms with E-state index in [2.05, 4.69) is 13.2 Å². The Morgan fingerprint density at radius 3 is 2.45 bits per heavy atom. The molecule has 0 aliphatic carbocycles. The van der Waals surface area contributed by atoms with Gasteiger partial charge in [-0.05, 0) is 18.2 Å². The van der Waals surface area contributed by atoms with Crippen LogP contribution in [0, 0.1) is 0 Å². The van der Waals surface area contributed by atoms with Gasteiger partial charge in [0.1, 0.15) is 0 Å². The average Bonchev–Trinajstić information content (AvgIpc) is 2.45. The minimum atomic E-state index is -0.973. The summed E-state index contributed by atoms with van der Waals surface area (Å²) in [5.74, 6) is -0.751. The van der Waals surface area contributed by atoms with Crippen LogP contribution in [-0.2, 0) is 4.79 Å². The molecular formula is C15H17NO3S. The Morgan fingerprint density at radius 1 is 1.25 bits per heavy atom. The molecule has 0 spiro atoms. The van der Waals surface area contributed by atoms with Gasteiger partial charge >= 0.3 is 5.97 Å². The maximum Gasteiger partial charge on any atom is 0.335 e. The number of hydrogen-bond donors (Lipinski definition) is 1. The zero-order valence-corrected chi connectivity index (χ0v) is 11.9. The molecule has 0 bridgehead atoms. The molecule has 0 aromatic heterocycles. The SMILES string of the molecule is C=CCN(CC=C)C(=O)CSc1cccc(C(=O)O)c1. The zero-order chi connectivity index (χ0) is 15.0. The smallest absolute Gasteiger partial charge is 0.335 e. The number of benzene rings is 1. The lowest BCUT2D eigenvalue weighted by atomic mass is 10.2. The molecular weight excluding hydrogens is 274 g/mol. The van der Waals surface area contributed by atoms with Crippen LogP contribution < -0.4 is 0 Å². The van der Waals surface area contributed by atoms with Gasteiger partial charge in [-0.1, -0.05) is 18.2 Å². The maximum absolute atomic E-state index is 12.0. The highest BCUT2D eigenvalue weighted by atomic mass is 32.2. The van der Waals surface area contributed by atoms with Gasteiger partial charge in [-0.3, -0.25) is 4.79 Å². The Bertz CT molecular complexity index is 504. The first-order valence-corrected chi connectivity index (χ1v) is 7.02. The standard InChI is InChI=1S/C15H17NO3S/c1-3-8-16(9-4-2)14(17)11-20-13-7-5-6-12(10-13)15(18)19/h3-7,10H,1-2,8-9,11H2,(H,18,19). The number of hydrogen-bond acceptors (Lipinski definition) is 3. The van der Waals surface area contributed by atoms with Gasteiger partial charge in [0.05, 0.1) is 11.3 Å². The molecule has 0 fully saturated rings. The molecule has 0 aliphatic heterocycles. The lowest BCUT2D eigenvalue weighted by Crippen LogP contribution is -2.32. The summed E-state index contributed by atoms with van der Waals surface area (Å²) in [6, 6.07) is 6.54. The number of rotatable bonds is 8. The third kappa shape index (κ3) is 4.93. The van der Waals surface area contributed by atoms with Crippen LogP contribution in [0.4, 0.5) is 0 Å². The topological polar surface area (TPSA) is 57.6 Å². The van der Waals surface area contributed by atoms with E-state index in [1.54, 1.807) is 35.3 Å². The molecule has 0 aliphatic rings. The summed E-state index contributed by atoms with van der Waals surface area (Å²) in [5.41, 5.74) is 0.219. The van der Waals surface area contributed by atoms with Crippen LogP contribution in [0.1, 0.15) is 10.4 Å². The van der Waals surface area contributed by atoms with Gasteiger partial charge in [-0.15, -0.1) is 24.9 Å². The van der Waals surface area contributed by atoms with Gasteiger partial charge in [-0.2, -0.15) is 0 Å². The Morgan fingerprint density at radius 2 is 1.90 bits per heavy atom. The van der Waals surface area contributed by atoms with E-state index in [1.807, 2.05) is 0 Å². The average molecular weight is 291 g/mol. The highest BCUT2D eigenvalue weighted by molar-refractivity contribution is 8.00. The van der Waals surface area contributed by atoms with Crippen LogP contribution in [0.5, 0.6) is 0 Å². The van der Waals surface area contributed by atoms with E-state index in [0.717, 1.165) is 4.90 Å². The van der Waals surface area contributed by atoms with Crippen molar-refractivity contribution in [3.05, 3.63) is 55.1 Å². The first kappa shape index (κ1) is 16.0. The van der Waals surface area contributed by atoms with Gasteiger partial charge in [0.25, 0.3) is 0 Å². The van der Waals surface area contributed by atoms with Crippen molar-refractivity contribution >= 4 is 23.6 Å². The van der Waals surface area contributed by atoms with Crippen molar-refractivity contribution in [1.82, 2.24) is 4.90 Å². The molecule has 1 aromatic rings. The van der Waals surface area contributed by atoms with E-state index >= 15 is 0 Å². The summed E-state index contributed by atoms with van der Waals surface area (Å²) >= 11 is 1.32. The van der Waals surface area contributed by atoms with Crippen LogP contribution in [0.2, 0.25) is 0 Å². The molecule has 0 saturated heterocycles. The third-order valence-electron chi connectivity index (χ3n) is 2.49. The lowest BCUT2D eigenvalue weighted by Gasteiger charge is -2.18. The fraction of sp³-hybridized carbons (Fsp3) is 0.200. The van der Waals surface area contributed by atoms with Gasteiger partial charge in [0, 0.05) is 18.0 Å². The fourth-order valence-electron chi connectivity index (χ4n) is 1.55. The van der Waals surface area contributed by atoms with Gasteiger partial charge in [0.2, 0.25) is 5.91 Å². The number of carboxylic acid groups (broad SMARTS) is 1. The van der Waals surface area contributed by atoms with Gasteiger partial charge in [0.15, 0.2) is 0 Å². The van der Waals surface area contributed by atoms with Crippen LogP contribution in [0.3, 0.4) is 0 Å². The number of nitrogens with zero attached hydrogens (tertiary/aromatic N) is 1. The highest BCUT2D eigenvalue weighted by Crippen LogP contribution is 2.19. The van der Waals surface area contributed by atoms with Crippen molar-refractivity contribution in [1.29, 1.82) is 0 Å². The minimum absolute atomic E-state index is 0.0319. The largest absolute Gasteiger partial charge is 0.478 e. The number of amides is 1. The minimum Gasteiger partial charge on any atom is -0.478 e. The molecule has 1 aromatic carbocycles. The number of thioether (sulfide) groups is 1.